The summed E-state index contributed by atoms with van der Waals surface area (Å²) < 4.78 is 0. The SMILES string of the molecule is CC1CCc2c(sc3ncnc(Cl)c23)C1.CNC. The number of nitrogens with zero attached hydrogens (tertiary/aromatic N) is 2. The van der Waals surface area contributed by atoms with Crippen LogP contribution in [0.1, 0.15) is 23.8 Å². The van der Waals surface area contributed by atoms with Gasteiger partial charge in [-0.3, -0.25) is 0 Å². The molecule has 2 aromatic rings. The van der Waals surface area contributed by atoms with Gasteiger partial charge in [-0.25, -0.2) is 9.97 Å². The minimum absolute atomic E-state index is 0.618. The van der Waals surface area contributed by atoms with E-state index in [0.29, 0.717) is 5.15 Å². The topological polar surface area (TPSA) is 37.8 Å². The van der Waals surface area contributed by atoms with E-state index in [9.17, 15) is 0 Å². The number of hydrogen-bond acceptors (Lipinski definition) is 4. The van der Waals surface area contributed by atoms with E-state index in [1.54, 1.807) is 17.7 Å². The largest absolute Gasteiger partial charge is 0.323 e. The number of hydrogen-bond donors (Lipinski definition) is 1. The maximum Gasteiger partial charge on any atom is 0.141 e. The van der Waals surface area contributed by atoms with Crippen molar-refractivity contribution in [3.63, 3.8) is 0 Å². The van der Waals surface area contributed by atoms with Crippen LogP contribution >= 0.6 is 22.9 Å². The van der Waals surface area contributed by atoms with Crippen LogP contribution in [0, 0.1) is 5.92 Å². The molecule has 3 nitrogen and oxygen atoms in total. The van der Waals surface area contributed by atoms with Gasteiger partial charge in [0, 0.05) is 4.88 Å². The van der Waals surface area contributed by atoms with Crippen LogP contribution in [0.25, 0.3) is 10.2 Å². The fraction of sp³-hybridized carbons (Fsp3) is 0.538. The number of fused-ring (bicyclic) bond motifs is 3. The third kappa shape index (κ3) is 2.66. The van der Waals surface area contributed by atoms with Crippen molar-refractivity contribution in [3.05, 3.63) is 21.9 Å². The van der Waals surface area contributed by atoms with Gasteiger partial charge in [-0.1, -0.05) is 18.5 Å². The summed E-state index contributed by atoms with van der Waals surface area (Å²) in [7, 11) is 3.75. The fourth-order valence-electron chi connectivity index (χ4n) is 2.24. The van der Waals surface area contributed by atoms with Gasteiger partial charge in [0.2, 0.25) is 0 Å². The standard InChI is InChI=1S/C11H11ClN2S.C2H7N/c1-6-2-3-7-8(4-6)15-11-9(7)10(12)13-5-14-11;1-3-2/h5-6H,2-4H2,1H3;3H,1-2H3. The summed E-state index contributed by atoms with van der Waals surface area (Å²) in [5, 5.41) is 4.47. The summed E-state index contributed by atoms with van der Waals surface area (Å²) in [6, 6.07) is 0. The number of thiophene rings is 1. The third-order valence-electron chi connectivity index (χ3n) is 3.05. The Bertz CT molecular complexity index is 538. The smallest absolute Gasteiger partial charge is 0.141 e. The van der Waals surface area contributed by atoms with E-state index < -0.39 is 0 Å². The lowest BCUT2D eigenvalue weighted by Gasteiger charge is -2.17. The summed E-state index contributed by atoms with van der Waals surface area (Å²) in [6.45, 7) is 2.31. The van der Waals surface area contributed by atoms with Crippen molar-refractivity contribution in [2.24, 2.45) is 5.92 Å². The number of nitrogens with one attached hydrogen (secondary N) is 1. The van der Waals surface area contributed by atoms with Crippen LogP contribution in [-0.4, -0.2) is 24.1 Å². The maximum atomic E-state index is 6.13. The molecule has 0 bridgehead atoms. The molecule has 1 aliphatic rings. The molecule has 1 atom stereocenters. The van der Waals surface area contributed by atoms with Crippen molar-refractivity contribution < 1.29 is 0 Å². The molecular weight excluding hydrogens is 266 g/mol. The van der Waals surface area contributed by atoms with Gasteiger partial charge in [0.1, 0.15) is 16.3 Å². The Hall–Kier alpha value is -0.710. The van der Waals surface area contributed by atoms with Crippen LogP contribution in [0.2, 0.25) is 5.15 Å². The molecule has 1 aliphatic carbocycles. The molecule has 0 spiro atoms. The Morgan fingerprint density at radius 1 is 1.39 bits per heavy atom. The first-order valence-electron chi connectivity index (χ1n) is 6.16. The number of rotatable bonds is 0. The second-order valence-electron chi connectivity index (χ2n) is 4.70. The van der Waals surface area contributed by atoms with Crippen molar-refractivity contribution >= 4 is 33.2 Å². The van der Waals surface area contributed by atoms with E-state index in [-0.39, 0.29) is 0 Å². The molecule has 18 heavy (non-hydrogen) atoms. The lowest BCUT2D eigenvalue weighted by atomic mass is 9.89. The van der Waals surface area contributed by atoms with E-state index in [4.69, 9.17) is 11.6 Å². The minimum Gasteiger partial charge on any atom is -0.323 e. The summed E-state index contributed by atoms with van der Waals surface area (Å²) in [4.78, 5) is 10.9. The molecule has 0 aromatic carbocycles. The molecule has 0 amide bonds. The highest BCUT2D eigenvalue weighted by Crippen LogP contribution is 2.39. The van der Waals surface area contributed by atoms with Crippen molar-refractivity contribution in [1.82, 2.24) is 15.3 Å². The zero-order valence-electron chi connectivity index (χ0n) is 11.0. The summed E-state index contributed by atoms with van der Waals surface area (Å²) in [5.74, 6) is 0.789. The summed E-state index contributed by atoms with van der Waals surface area (Å²) in [6.07, 6.45) is 5.11. The average Bonchev–Trinajstić information content (AvgIpc) is 2.68. The van der Waals surface area contributed by atoms with Gasteiger partial charge in [-0.05, 0) is 44.8 Å². The molecule has 0 saturated carbocycles. The zero-order chi connectivity index (χ0) is 13.1. The predicted octanol–water partition coefficient (Wildman–Crippen LogP) is 3.31. The molecular formula is C13H18ClN3S. The summed E-state index contributed by atoms with van der Waals surface area (Å²) >= 11 is 7.91. The van der Waals surface area contributed by atoms with Crippen LogP contribution in [-0.2, 0) is 12.8 Å². The third-order valence-corrected chi connectivity index (χ3v) is 4.49. The van der Waals surface area contributed by atoms with Crippen molar-refractivity contribution in [2.45, 2.75) is 26.2 Å². The second-order valence-corrected chi connectivity index (χ2v) is 6.14. The lowest BCUT2D eigenvalue weighted by molar-refractivity contribution is 0.509. The first-order valence-corrected chi connectivity index (χ1v) is 7.36. The van der Waals surface area contributed by atoms with Gasteiger partial charge in [0.05, 0.1) is 5.39 Å². The first kappa shape index (κ1) is 13.7. The van der Waals surface area contributed by atoms with Crippen LogP contribution in [0.4, 0.5) is 0 Å². The van der Waals surface area contributed by atoms with Gasteiger partial charge in [-0.2, -0.15) is 0 Å². The fourth-order valence-corrected chi connectivity index (χ4v) is 3.89. The Morgan fingerprint density at radius 3 is 2.83 bits per heavy atom. The normalized spacial score (nSPS) is 18.1. The molecule has 0 fully saturated rings. The molecule has 2 aromatic heterocycles. The number of halogens is 1. The van der Waals surface area contributed by atoms with E-state index in [1.807, 2.05) is 14.1 Å². The second kappa shape index (κ2) is 5.95. The Kier molecular flexibility index (Phi) is 4.54. The molecule has 3 rings (SSSR count). The van der Waals surface area contributed by atoms with Gasteiger partial charge < -0.3 is 5.32 Å². The maximum absolute atomic E-state index is 6.13. The molecule has 0 radical (unpaired) electrons. The zero-order valence-corrected chi connectivity index (χ0v) is 12.5. The van der Waals surface area contributed by atoms with E-state index in [1.165, 1.54) is 23.3 Å². The average molecular weight is 284 g/mol. The highest BCUT2D eigenvalue weighted by atomic mass is 35.5. The molecule has 5 heteroatoms. The Balaban J connectivity index is 0.000000367. The minimum atomic E-state index is 0.618. The van der Waals surface area contributed by atoms with Crippen LogP contribution in [0.3, 0.4) is 0 Å². The van der Waals surface area contributed by atoms with Crippen LogP contribution in [0.5, 0.6) is 0 Å². The van der Waals surface area contributed by atoms with Gasteiger partial charge in [0.15, 0.2) is 0 Å². The monoisotopic (exact) mass is 283 g/mol. The van der Waals surface area contributed by atoms with E-state index in [2.05, 4.69) is 22.2 Å². The van der Waals surface area contributed by atoms with Crippen LogP contribution in [0.15, 0.2) is 6.33 Å². The quantitative estimate of drug-likeness (QED) is 0.754. The van der Waals surface area contributed by atoms with E-state index >= 15 is 0 Å². The highest BCUT2D eigenvalue weighted by molar-refractivity contribution is 7.19. The highest BCUT2D eigenvalue weighted by Gasteiger charge is 2.22. The van der Waals surface area contributed by atoms with Crippen molar-refractivity contribution in [3.8, 4) is 0 Å². The van der Waals surface area contributed by atoms with Gasteiger partial charge in [-0.15, -0.1) is 11.3 Å². The lowest BCUT2D eigenvalue weighted by Crippen LogP contribution is -2.08. The van der Waals surface area contributed by atoms with Crippen LogP contribution < -0.4 is 5.32 Å². The number of aryl methyl sites for hydroxylation is 1. The van der Waals surface area contributed by atoms with Gasteiger partial charge >= 0.3 is 0 Å². The Labute approximate surface area is 117 Å². The molecule has 1 N–H and O–H groups in total. The first-order chi connectivity index (χ1) is 8.67. The predicted molar refractivity (Wildman–Crippen MR) is 78.6 cm³/mol. The molecule has 0 saturated heterocycles. The molecule has 2 heterocycles. The molecule has 98 valence electrons. The molecule has 1 unspecified atom stereocenters. The van der Waals surface area contributed by atoms with Gasteiger partial charge in [0.25, 0.3) is 0 Å². The van der Waals surface area contributed by atoms with Crippen molar-refractivity contribution in [1.29, 1.82) is 0 Å². The number of aromatic nitrogens is 2. The summed E-state index contributed by atoms with van der Waals surface area (Å²) in [5.41, 5.74) is 1.40. The molecule has 0 aliphatic heterocycles. The van der Waals surface area contributed by atoms with Crippen molar-refractivity contribution in [2.75, 3.05) is 14.1 Å². The Morgan fingerprint density at radius 2 is 2.11 bits per heavy atom. The van der Waals surface area contributed by atoms with E-state index in [0.717, 1.165) is 22.6 Å².